The van der Waals surface area contributed by atoms with Gasteiger partial charge in [0.15, 0.2) is 0 Å². The van der Waals surface area contributed by atoms with Gasteiger partial charge in [-0.2, -0.15) is 40.8 Å². The summed E-state index contributed by atoms with van der Waals surface area (Å²) in [5.74, 6) is 2.90. The summed E-state index contributed by atoms with van der Waals surface area (Å²) in [6.07, 6.45) is 35.8. The average molecular weight is 1710 g/mol. The van der Waals surface area contributed by atoms with Crippen LogP contribution >= 0.6 is 0 Å². The first-order valence-electron chi connectivity index (χ1n) is 45.5. The van der Waals surface area contributed by atoms with E-state index in [1.54, 1.807) is 18.3 Å². The first-order chi connectivity index (χ1) is 61.6. The van der Waals surface area contributed by atoms with Crippen LogP contribution in [0.15, 0.2) is 226 Å². The Hall–Kier alpha value is -12.9. The van der Waals surface area contributed by atoms with Gasteiger partial charge in [0.05, 0.1) is 78.1 Å². The number of carbonyl (C=O) groups excluding carboxylic acids is 4. The maximum Gasteiger partial charge on any atom is 0.227 e. The van der Waals surface area contributed by atoms with E-state index in [1.807, 2.05) is 115 Å². The molecule has 4 amide bonds. The second-order valence-corrected chi connectivity index (χ2v) is 37.4. The number of amides is 4. The monoisotopic (exact) mass is 1700 g/mol. The van der Waals surface area contributed by atoms with E-state index < -0.39 is 0 Å². The zero-order valence-corrected chi connectivity index (χ0v) is 74.0. The molecule has 0 radical (unpaired) electrons. The molecule has 0 spiro atoms. The van der Waals surface area contributed by atoms with Crippen molar-refractivity contribution in [2.45, 2.75) is 201 Å². The molecule has 5 fully saturated rings. The van der Waals surface area contributed by atoms with Gasteiger partial charge in [0.1, 0.15) is 5.82 Å². The van der Waals surface area contributed by atoms with Gasteiger partial charge in [-0.15, -0.1) is 0 Å². The lowest BCUT2D eigenvalue weighted by atomic mass is 9.86. The minimum atomic E-state index is -0.306. The van der Waals surface area contributed by atoms with E-state index >= 15 is 0 Å². The smallest absolute Gasteiger partial charge is 0.227 e. The number of benzene rings is 7. The number of nitrogens with zero attached hydrogens (tertiary/aromatic N) is 16. The van der Waals surface area contributed by atoms with Crippen LogP contribution in [0.25, 0.3) is 88.1 Å². The summed E-state index contributed by atoms with van der Waals surface area (Å²) < 4.78 is 21.8. The Morgan fingerprint density at radius 3 is 1.31 bits per heavy atom. The number of H-pyrrole nitrogens is 4. The Bertz CT molecular complexity index is 6220. The fourth-order valence-electron chi connectivity index (χ4n) is 20.5. The van der Waals surface area contributed by atoms with Gasteiger partial charge in [-0.3, -0.25) is 58.3 Å². The van der Waals surface area contributed by atoms with Crippen LogP contribution in [0.1, 0.15) is 147 Å². The van der Waals surface area contributed by atoms with Crippen LogP contribution in [0.4, 0.5) is 4.39 Å². The fraction of sp³-hybridized carbons (Fsp3) is 0.392. The molecule has 0 bridgehead atoms. The van der Waals surface area contributed by atoms with Crippen LogP contribution in [0.5, 0.6) is 0 Å². The third-order valence-electron chi connectivity index (χ3n) is 27.1. The molecule has 8 aromatic heterocycles. The van der Waals surface area contributed by atoms with Gasteiger partial charge in [-0.1, -0.05) is 116 Å². The van der Waals surface area contributed by atoms with Crippen molar-refractivity contribution in [3.8, 4) is 44.5 Å². The molecule has 127 heavy (non-hydrogen) atoms. The number of carbonyl (C=O) groups is 4. The number of aryl methyl sites for hydroxylation is 3. The van der Waals surface area contributed by atoms with E-state index in [0.717, 1.165) is 191 Å². The predicted molar refractivity (Wildman–Crippen MR) is 496 cm³/mol. The molecule has 24 nitrogen and oxygen atoms in total. The third-order valence-corrected chi connectivity index (χ3v) is 27.1. The number of fused-ring (bicyclic) bond motifs is 4. The zero-order valence-electron chi connectivity index (χ0n) is 74.0. The van der Waals surface area contributed by atoms with E-state index in [2.05, 4.69) is 229 Å². The molecule has 15 aromatic rings. The molecule has 656 valence electrons. The summed E-state index contributed by atoms with van der Waals surface area (Å²) in [4.78, 5) is 60.1. The molecule has 5 aliphatic rings. The minimum Gasteiger partial charge on any atom is -0.340 e. The normalized spacial score (nSPS) is 19.2. The molecular weight excluding hydrogens is 1590 g/mol. The summed E-state index contributed by atoms with van der Waals surface area (Å²) >= 11 is 0. The lowest BCUT2D eigenvalue weighted by molar-refractivity contribution is -0.136. The van der Waals surface area contributed by atoms with Crippen LogP contribution < -0.4 is 0 Å². The number of aromatic nitrogens is 16. The van der Waals surface area contributed by atoms with Crippen LogP contribution in [-0.2, 0) is 64.6 Å². The second kappa shape index (κ2) is 38.5. The van der Waals surface area contributed by atoms with E-state index in [4.69, 9.17) is 0 Å². The topological polar surface area (TPSA) is 267 Å². The molecule has 6 unspecified atom stereocenters. The van der Waals surface area contributed by atoms with Crippen molar-refractivity contribution in [3.63, 3.8) is 0 Å². The van der Waals surface area contributed by atoms with E-state index in [1.165, 1.54) is 55.4 Å². The Kier molecular flexibility index (Phi) is 26.1. The summed E-state index contributed by atoms with van der Waals surface area (Å²) in [6, 6.07) is 52.9. The summed E-state index contributed by atoms with van der Waals surface area (Å²) in [5, 5.41) is 51.0. The molecule has 4 saturated heterocycles. The molecule has 4 aliphatic heterocycles. The number of rotatable bonds is 22. The number of nitrogens with one attached hydrogen (secondary N) is 4. The minimum absolute atomic E-state index is 0.0516. The Balaban J connectivity index is 0.000000119. The molecule has 1 saturated carbocycles. The van der Waals surface area contributed by atoms with E-state index in [-0.39, 0.29) is 53.1 Å². The van der Waals surface area contributed by atoms with E-state index in [0.29, 0.717) is 60.4 Å². The van der Waals surface area contributed by atoms with Crippen LogP contribution in [0.3, 0.4) is 0 Å². The highest BCUT2D eigenvalue weighted by Gasteiger charge is 2.43. The maximum atomic E-state index is 13.4. The van der Waals surface area contributed by atoms with Gasteiger partial charge in [0.25, 0.3) is 0 Å². The van der Waals surface area contributed by atoms with Crippen LogP contribution in [0, 0.1) is 42.3 Å². The van der Waals surface area contributed by atoms with Crippen LogP contribution in [0.2, 0.25) is 0 Å². The Morgan fingerprint density at radius 2 is 0.850 bits per heavy atom. The second-order valence-electron chi connectivity index (χ2n) is 37.4. The maximum absolute atomic E-state index is 13.4. The highest BCUT2D eigenvalue weighted by Crippen LogP contribution is 2.40. The van der Waals surface area contributed by atoms with Gasteiger partial charge in [0.2, 0.25) is 23.6 Å². The highest BCUT2D eigenvalue weighted by atomic mass is 19.1. The first-order valence-corrected chi connectivity index (χ1v) is 45.5. The summed E-state index contributed by atoms with van der Waals surface area (Å²) in [5.41, 5.74) is 17.4. The number of hydrogen-bond acceptors (Lipinski definition) is 12. The first kappa shape index (κ1) is 86.2. The Labute approximate surface area is 741 Å². The third kappa shape index (κ3) is 20.5. The van der Waals surface area contributed by atoms with Crippen molar-refractivity contribution < 1.29 is 23.6 Å². The molecule has 20 rings (SSSR count). The summed E-state index contributed by atoms with van der Waals surface area (Å²) in [7, 11) is 0. The van der Waals surface area contributed by atoms with Gasteiger partial charge < -0.3 is 19.6 Å². The number of likely N-dealkylation sites (tertiary alicyclic amines) is 4. The molecule has 4 N–H and O–H groups in total. The molecule has 6 atom stereocenters. The lowest BCUT2D eigenvalue weighted by Gasteiger charge is -2.38. The van der Waals surface area contributed by atoms with Crippen molar-refractivity contribution in [1.29, 1.82) is 0 Å². The quantitative estimate of drug-likeness (QED) is 0.0493. The predicted octanol–water partition coefficient (Wildman–Crippen LogP) is 18.8. The number of hydrogen-bond donors (Lipinski definition) is 4. The van der Waals surface area contributed by atoms with Crippen molar-refractivity contribution in [2.24, 2.45) is 29.6 Å². The zero-order chi connectivity index (χ0) is 87.7. The number of halogens is 1. The fourth-order valence-corrected chi connectivity index (χ4v) is 20.5. The van der Waals surface area contributed by atoms with Gasteiger partial charge in [0, 0.05) is 163 Å². The van der Waals surface area contributed by atoms with Crippen molar-refractivity contribution in [3.05, 3.63) is 254 Å². The average Bonchev–Trinajstić information content (AvgIpc) is 1.65. The summed E-state index contributed by atoms with van der Waals surface area (Å²) in [6.45, 7) is 21.6. The van der Waals surface area contributed by atoms with Crippen molar-refractivity contribution in [1.82, 2.24) is 99.5 Å². The molecule has 12 heterocycles. The molecule has 25 heteroatoms. The SMILES string of the molecule is CC1(C)CC(Cn2ncc3cc(-c4cn[nH]c4)ccc32)CN1C(=O)CC1CCCCC1.CC1(C)CC(Cn2ncc3cc(-c4cn[nH]c4)ccc32)CN1C(=O)CCc1ccccc1.CC1CC(Cn2ncc3cc(-c4cn[nH]c4)ccc32)CN1C(=O)Cc1cccc(F)c1.Cc1[nH]ncc1-c1ccc2c(cnn2CC2CCN(C(=O)CCc3ccccc3)C(C)C2)c1. The van der Waals surface area contributed by atoms with E-state index in [9.17, 15) is 23.6 Å². The van der Waals surface area contributed by atoms with Crippen molar-refractivity contribution >= 4 is 67.2 Å². The standard InChI is InChI=1S/C27H31N5O.C26H29N5O.C25H33N5O.C24H24FN5O/c1-19-14-22(12-13-31(19)27(33)11-8-21-6-4-3-5-7-21)18-32-26-10-9-23(15-24(26)16-29-32)25-17-28-30-20(25)2;1-26(2)13-20(17-30(26)25(32)11-8-19-6-4-3-5-7-19)18-31-24-10-9-21(12-22(24)16-29-31)23-14-27-28-15-23;1-25(2)12-19(16-29(25)24(31)10-18-6-4-3-5-7-18)17-30-23-9-8-20(11-21(23)15-28-30)22-13-26-27-14-22;1-16-7-18(14-29(16)24(31)9-17-3-2-4-22(25)8-17)15-30-23-6-5-19(10-20(23)13-28-30)21-11-26-27-12-21/h3-7,9-10,15-17,19,22H,8,11-14,18H2,1-2H3,(H,28,30);3-7,9-10,12,14-16,20H,8,11,13,17-18H2,1-2H3,(H,27,28);8-9,11,13-15,18-19H,3-7,10,12,16-17H2,1-2H3,(H,26,27);2-6,8,10-13,16,18H,7,9,14-15H2,1H3,(H,26,27). The van der Waals surface area contributed by atoms with Crippen LogP contribution in [-0.4, -0.2) is 172 Å². The molecule has 1 aliphatic carbocycles. The van der Waals surface area contributed by atoms with Gasteiger partial charge in [-0.25, -0.2) is 4.39 Å². The molecular formula is C102H117FN20O4. The lowest BCUT2D eigenvalue weighted by Crippen LogP contribution is -2.45. The highest BCUT2D eigenvalue weighted by molar-refractivity contribution is 5.88. The van der Waals surface area contributed by atoms with Gasteiger partial charge in [-0.05, 0) is 235 Å². The molecule has 7 aromatic carbocycles. The largest absolute Gasteiger partial charge is 0.340 e. The van der Waals surface area contributed by atoms with Gasteiger partial charge >= 0.3 is 0 Å². The number of aromatic amines is 4. The van der Waals surface area contributed by atoms with Crippen molar-refractivity contribution in [2.75, 3.05) is 26.2 Å². The Morgan fingerprint density at radius 1 is 0.409 bits per heavy atom. The number of piperidine rings is 1.